The zero-order chi connectivity index (χ0) is 28.8. The van der Waals surface area contributed by atoms with Crippen molar-refractivity contribution in [1.29, 1.82) is 0 Å². The van der Waals surface area contributed by atoms with Crippen molar-refractivity contribution < 1.29 is 18.7 Å². The fourth-order valence-electron chi connectivity index (χ4n) is 5.59. The molecule has 1 aromatic heterocycles. The van der Waals surface area contributed by atoms with Crippen LogP contribution in [0.3, 0.4) is 0 Å². The molecule has 5 rings (SSSR count). The van der Waals surface area contributed by atoms with Gasteiger partial charge in [-0.15, -0.1) is 0 Å². The highest BCUT2D eigenvalue weighted by molar-refractivity contribution is 5.97. The van der Waals surface area contributed by atoms with E-state index in [-0.39, 0.29) is 29.9 Å². The van der Waals surface area contributed by atoms with Crippen molar-refractivity contribution in [3.63, 3.8) is 0 Å². The first-order valence-electron chi connectivity index (χ1n) is 13.7. The number of benzene rings is 2. The summed E-state index contributed by atoms with van der Waals surface area (Å²) >= 11 is 0. The van der Waals surface area contributed by atoms with E-state index >= 15 is 4.39 Å². The molecule has 2 atom stereocenters. The number of pyridine rings is 1. The lowest BCUT2D eigenvalue weighted by molar-refractivity contribution is 0.00565. The van der Waals surface area contributed by atoms with Crippen molar-refractivity contribution in [1.82, 2.24) is 15.2 Å². The third-order valence-corrected chi connectivity index (χ3v) is 7.41. The first-order valence-corrected chi connectivity index (χ1v) is 13.7. The molecule has 0 unspecified atom stereocenters. The van der Waals surface area contributed by atoms with Gasteiger partial charge in [-0.1, -0.05) is 24.3 Å². The summed E-state index contributed by atoms with van der Waals surface area (Å²) in [5.41, 5.74) is 10.6. The Morgan fingerprint density at radius 3 is 2.30 bits per heavy atom. The number of aromatic nitrogens is 1. The molecule has 3 aromatic rings. The molecule has 2 aliphatic heterocycles. The lowest BCUT2D eigenvalue weighted by atomic mass is 9.94. The predicted molar refractivity (Wildman–Crippen MR) is 155 cm³/mol. The summed E-state index contributed by atoms with van der Waals surface area (Å²) in [4.78, 5) is 32.9. The second-order valence-electron chi connectivity index (χ2n) is 11.7. The molecule has 0 saturated carbocycles. The number of rotatable bonds is 3. The third-order valence-electron chi connectivity index (χ3n) is 7.41. The topological polar surface area (TPSA) is 101 Å². The average molecular weight is 546 g/mol. The van der Waals surface area contributed by atoms with Crippen LogP contribution in [0.5, 0.6) is 0 Å². The maximum absolute atomic E-state index is 15.0. The van der Waals surface area contributed by atoms with Gasteiger partial charge in [-0.05, 0) is 82.0 Å². The van der Waals surface area contributed by atoms with Crippen molar-refractivity contribution in [3.05, 3.63) is 65.6 Å². The Hall–Kier alpha value is -4.14. The predicted octanol–water partition coefficient (Wildman–Crippen LogP) is 5.26. The molecule has 1 saturated heterocycles. The van der Waals surface area contributed by atoms with Crippen LogP contribution in [-0.2, 0) is 11.2 Å². The van der Waals surface area contributed by atoms with E-state index in [1.165, 1.54) is 0 Å². The summed E-state index contributed by atoms with van der Waals surface area (Å²) in [6.45, 7) is 11.5. The van der Waals surface area contributed by atoms with Crippen LogP contribution >= 0.6 is 0 Å². The highest BCUT2D eigenvalue weighted by Crippen LogP contribution is 2.34. The minimum Gasteiger partial charge on any atom is -0.444 e. The van der Waals surface area contributed by atoms with Gasteiger partial charge in [-0.25, -0.2) is 9.78 Å². The zero-order valence-corrected chi connectivity index (χ0v) is 23.6. The second kappa shape index (κ2) is 10.4. The minimum absolute atomic E-state index is 0.0396. The van der Waals surface area contributed by atoms with E-state index in [2.05, 4.69) is 15.2 Å². The van der Waals surface area contributed by atoms with Crippen molar-refractivity contribution >= 4 is 23.5 Å². The number of hydrogen-bond acceptors (Lipinski definition) is 6. The van der Waals surface area contributed by atoms with E-state index in [1.54, 1.807) is 17.0 Å². The Balaban J connectivity index is 1.37. The monoisotopic (exact) mass is 545 g/mol. The number of carbonyl (C=O) groups excluding carboxylic acids is 2. The van der Waals surface area contributed by atoms with Gasteiger partial charge >= 0.3 is 6.09 Å². The molecular weight excluding hydrogens is 509 g/mol. The van der Waals surface area contributed by atoms with E-state index in [0.717, 1.165) is 23.2 Å². The number of nitrogens with one attached hydrogen (secondary N) is 1. The number of piperazine rings is 1. The lowest BCUT2D eigenvalue weighted by Crippen LogP contribution is -2.59. The SMILES string of the molecule is C[C@@H]1CN(c2ccc(-c3cc(-c4ccc5c(c4)CCNC5=O)c(N)nc3F)cc2)C[C@H](C)N1C(=O)OC(C)(C)C. The Morgan fingerprint density at radius 2 is 1.65 bits per heavy atom. The van der Waals surface area contributed by atoms with Crippen molar-refractivity contribution in [2.45, 2.75) is 58.7 Å². The van der Waals surface area contributed by atoms with Crippen LogP contribution < -0.4 is 16.0 Å². The van der Waals surface area contributed by atoms with Gasteiger partial charge in [0.15, 0.2) is 0 Å². The summed E-state index contributed by atoms with van der Waals surface area (Å²) in [5, 5.41) is 2.84. The normalized spacial score (nSPS) is 19.2. The lowest BCUT2D eigenvalue weighted by Gasteiger charge is -2.45. The molecule has 0 aliphatic carbocycles. The first-order chi connectivity index (χ1) is 18.9. The van der Waals surface area contributed by atoms with Gasteiger partial charge in [0.05, 0.1) is 12.1 Å². The molecule has 1 fully saturated rings. The van der Waals surface area contributed by atoms with Gasteiger partial charge in [-0.2, -0.15) is 4.39 Å². The summed E-state index contributed by atoms with van der Waals surface area (Å²) in [6, 6.07) is 14.9. The fraction of sp³-hybridized carbons (Fsp3) is 0.387. The Bertz CT molecular complexity index is 1440. The van der Waals surface area contributed by atoms with Crippen LogP contribution in [0.15, 0.2) is 48.5 Å². The second-order valence-corrected chi connectivity index (χ2v) is 11.7. The number of amides is 2. The van der Waals surface area contributed by atoms with Gasteiger partial charge in [0.1, 0.15) is 11.4 Å². The van der Waals surface area contributed by atoms with Gasteiger partial charge in [-0.3, -0.25) is 9.69 Å². The summed E-state index contributed by atoms with van der Waals surface area (Å²) in [7, 11) is 0. The Morgan fingerprint density at radius 1 is 1.00 bits per heavy atom. The van der Waals surface area contributed by atoms with Gasteiger partial charge in [0.2, 0.25) is 5.95 Å². The molecular formula is C31H36FN5O3. The van der Waals surface area contributed by atoms with Crippen LogP contribution in [0.25, 0.3) is 22.3 Å². The number of carbonyl (C=O) groups is 2. The molecule has 8 nitrogen and oxygen atoms in total. The molecule has 3 N–H and O–H groups in total. The quantitative estimate of drug-likeness (QED) is 0.436. The highest BCUT2D eigenvalue weighted by Gasteiger charge is 2.35. The largest absolute Gasteiger partial charge is 0.444 e. The number of nitrogen functional groups attached to an aromatic ring is 1. The number of halogens is 1. The Kier molecular flexibility index (Phi) is 7.16. The zero-order valence-electron chi connectivity index (χ0n) is 23.6. The number of anilines is 2. The van der Waals surface area contributed by atoms with Crippen LogP contribution in [-0.4, -0.2) is 59.2 Å². The molecule has 0 radical (unpaired) electrons. The standard InChI is InChI=1S/C31H36FN5O3/c1-18-16-36(17-19(2)37(18)30(39)40-31(3,4)5)23-9-6-20(7-10-23)25-15-26(28(33)35-27(25)32)21-8-11-24-22(14-21)12-13-34-29(24)38/h6-11,14-15,18-19H,12-13,16-17H2,1-5H3,(H2,33,35)(H,34,38)/t18-,19+. The average Bonchev–Trinajstić information content (AvgIpc) is 2.87. The molecule has 3 heterocycles. The summed E-state index contributed by atoms with van der Waals surface area (Å²) in [6.07, 6.45) is 0.424. The number of hydrogen-bond donors (Lipinski definition) is 2. The van der Waals surface area contributed by atoms with Crippen molar-refractivity contribution in [3.8, 4) is 22.3 Å². The van der Waals surface area contributed by atoms with Gasteiger partial charge in [0, 0.05) is 42.0 Å². The van der Waals surface area contributed by atoms with Crippen molar-refractivity contribution in [2.24, 2.45) is 0 Å². The maximum Gasteiger partial charge on any atom is 0.410 e. The summed E-state index contributed by atoms with van der Waals surface area (Å²) in [5.74, 6) is -0.628. The van der Waals surface area contributed by atoms with Gasteiger partial charge in [0.25, 0.3) is 5.91 Å². The highest BCUT2D eigenvalue weighted by atomic mass is 19.1. The van der Waals surface area contributed by atoms with E-state index in [1.807, 2.05) is 71.0 Å². The Labute approximate surface area is 234 Å². The molecule has 210 valence electrons. The van der Waals surface area contributed by atoms with E-state index in [4.69, 9.17) is 10.5 Å². The smallest absolute Gasteiger partial charge is 0.410 e. The van der Waals surface area contributed by atoms with E-state index < -0.39 is 11.5 Å². The number of ether oxygens (including phenoxy) is 1. The fourth-order valence-corrected chi connectivity index (χ4v) is 5.59. The molecule has 2 aliphatic rings. The van der Waals surface area contributed by atoms with Crippen LogP contribution in [0, 0.1) is 5.95 Å². The number of fused-ring (bicyclic) bond motifs is 1. The third kappa shape index (κ3) is 5.46. The van der Waals surface area contributed by atoms with Gasteiger partial charge < -0.3 is 20.7 Å². The van der Waals surface area contributed by atoms with E-state index in [9.17, 15) is 9.59 Å². The van der Waals surface area contributed by atoms with Crippen LogP contribution in [0.1, 0.15) is 50.5 Å². The van der Waals surface area contributed by atoms with E-state index in [0.29, 0.717) is 41.9 Å². The van der Waals surface area contributed by atoms with Crippen LogP contribution in [0.4, 0.5) is 20.7 Å². The number of nitrogens with two attached hydrogens (primary N) is 1. The molecule has 40 heavy (non-hydrogen) atoms. The first kappa shape index (κ1) is 27.4. The molecule has 9 heteroatoms. The molecule has 2 aromatic carbocycles. The van der Waals surface area contributed by atoms with Crippen LogP contribution in [0.2, 0.25) is 0 Å². The summed E-state index contributed by atoms with van der Waals surface area (Å²) < 4.78 is 20.7. The molecule has 0 bridgehead atoms. The minimum atomic E-state index is -0.639. The van der Waals surface area contributed by atoms with Crippen molar-refractivity contribution in [2.75, 3.05) is 30.3 Å². The maximum atomic E-state index is 15.0. The molecule has 0 spiro atoms. The number of nitrogens with zero attached hydrogens (tertiary/aromatic N) is 3. The molecule has 2 amide bonds.